The number of carbonyl (C=O) groups excluding carboxylic acids is 2. The normalized spacial score (nSPS) is 10.7. The number of hydrogen-bond donors (Lipinski definition) is 2. The molecule has 1 aromatic heterocycles. The van der Waals surface area contributed by atoms with Crippen LogP contribution in [0.5, 0.6) is 5.75 Å². The third-order valence-corrected chi connectivity index (χ3v) is 5.16. The molecular weight excluding hydrogens is 404 g/mol. The number of benzene rings is 3. The van der Waals surface area contributed by atoms with Gasteiger partial charge in [0.2, 0.25) is 0 Å². The summed E-state index contributed by atoms with van der Waals surface area (Å²) in [6, 6.07) is 21.7. The average Bonchev–Trinajstić information content (AvgIpc) is 3.25. The number of methoxy groups -OCH3 is 1. The van der Waals surface area contributed by atoms with E-state index < -0.39 is 0 Å². The average molecular weight is 428 g/mol. The monoisotopic (exact) mass is 428 g/mol. The van der Waals surface area contributed by atoms with E-state index >= 15 is 0 Å². The maximum atomic E-state index is 12.7. The van der Waals surface area contributed by atoms with Crippen LogP contribution in [0.3, 0.4) is 0 Å². The quantitative estimate of drug-likeness (QED) is 0.414. The van der Waals surface area contributed by atoms with Gasteiger partial charge in [-0.3, -0.25) is 9.59 Å². The van der Waals surface area contributed by atoms with E-state index in [0.717, 1.165) is 24.0 Å². The molecule has 4 rings (SSSR count). The third-order valence-electron chi connectivity index (χ3n) is 5.16. The highest BCUT2D eigenvalue weighted by atomic mass is 16.5. The van der Waals surface area contributed by atoms with Crippen LogP contribution in [0.15, 0.2) is 79.1 Å². The highest BCUT2D eigenvalue weighted by molar-refractivity contribution is 6.09. The molecule has 2 amide bonds. The van der Waals surface area contributed by atoms with E-state index in [2.05, 4.69) is 20.2 Å². The Kier molecular flexibility index (Phi) is 6.46. The standard InChI is InChI=1S/C25H24N4O3/c1-32-19-13-11-18(12-14-19)24(30)28-21-8-3-2-7-20(21)25(31)26-15-6-16-29-17-27-22-9-4-5-10-23(22)29/h2-5,7-14,17H,6,15-16H2,1H3,(H,26,31)(H,28,30). The summed E-state index contributed by atoms with van der Waals surface area (Å²) in [4.78, 5) is 29.7. The summed E-state index contributed by atoms with van der Waals surface area (Å²) in [7, 11) is 1.57. The molecule has 0 unspecified atom stereocenters. The summed E-state index contributed by atoms with van der Waals surface area (Å²) >= 11 is 0. The summed E-state index contributed by atoms with van der Waals surface area (Å²) in [6.45, 7) is 1.25. The Labute approximate surface area is 186 Å². The number of nitrogens with zero attached hydrogens (tertiary/aromatic N) is 2. The minimum Gasteiger partial charge on any atom is -0.497 e. The SMILES string of the molecule is COc1ccc(C(=O)Nc2ccccc2C(=O)NCCCn2cnc3ccccc32)cc1. The molecule has 2 N–H and O–H groups in total. The number of anilines is 1. The number of para-hydroxylation sites is 3. The van der Waals surface area contributed by atoms with Gasteiger partial charge >= 0.3 is 0 Å². The third kappa shape index (κ3) is 4.78. The van der Waals surface area contributed by atoms with E-state index in [1.54, 1.807) is 55.6 Å². The lowest BCUT2D eigenvalue weighted by Gasteiger charge is -2.12. The molecule has 162 valence electrons. The second-order valence-corrected chi connectivity index (χ2v) is 7.26. The molecule has 0 aliphatic carbocycles. The zero-order valence-corrected chi connectivity index (χ0v) is 17.7. The molecule has 0 aliphatic rings. The first kappa shape index (κ1) is 21.1. The lowest BCUT2D eigenvalue weighted by atomic mass is 10.1. The van der Waals surface area contributed by atoms with Gasteiger partial charge in [-0.1, -0.05) is 24.3 Å². The van der Waals surface area contributed by atoms with Gasteiger partial charge in [-0.2, -0.15) is 0 Å². The summed E-state index contributed by atoms with van der Waals surface area (Å²) in [5, 5.41) is 5.76. The highest BCUT2D eigenvalue weighted by Crippen LogP contribution is 2.18. The molecular formula is C25H24N4O3. The van der Waals surface area contributed by atoms with Gasteiger partial charge in [-0.25, -0.2) is 4.98 Å². The first-order chi connectivity index (χ1) is 15.7. The molecule has 1 heterocycles. The van der Waals surface area contributed by atoms with Crippen molar-refractivity contribution in [1.29, 1.82) is 0 Å². The van der Waals surface area contributed by atoms with E-state index in [0.29, 0.717) is 29.1 Å². The second kappa shape index (κ2) is 9.78. The van der Waals surface area contributed by atoms with Gasteiger partial charge in [0.25, 0.3) is 11.8 Å². The van der Waals surface area contributed by atoms with Crippen LogP contribution < -0.4 is 15.4 Å². The van der Waals surface area contributed by atoms with E-state index in [4.69, 9.17) is 4.74 Å². The van der Waals surface area contributed by atoms with Gasteiger partial charge < -0.3 is 19.9 Å². The number of imidazole rings is 1. The van der Waals surface area contributed by atoms with E-state index in [1.807, 2.05) is 30.6 Å². The number of carbonyl (C=O) groups is 2. The lowest BCUT2D eigenvalue weighted by molar-refractivity contribution is 0.0953. The molecule has 0 radical (unpaired) electrons. The van der Waals surface area contributed by atoms with Crippen LogP contribution in [0.25, 0.3) is 11.0 Å². The van der Waals surface area contributed by atoms with E-state index in [-0.39, 0.29) is 11.8 Å². The Balaban J connectivity index is 1.35. The van der Waals surface area contributed by atoms with Gasteiger partial charge in [0, 0.05) is 18.7 Å². The zero-order valence-electron chi connectivity index (χ0n) is 17.7. The van der Waals surface area contributed by atoms with Gasteiger partial charge in [0.05, 0.1) is 35.7 Å². The van der Waals surface area contributed by atoms with Gasteiger partial charge in [0.15, 0.2) is 0 Å². The van der Waals surface area contributed by atoms with Crippen LogP contribution in [0, 0.1) is 0 Å². The molecule has 3 aromatic carbocycles. The largest absolute Gasteiger partial charge is 0.497 e. The Morgan fingerprint density at radius 2 is 1.69 bits per heavy atom. The lowest BCUT2D eigenvalue weighted by Crippen LogP contribution is -2.26. The van der Waals surface area contributed by atoms with Crippen LogP contribution in [0.2, 0.25) is 0 Å². The first-order valence-corrected chi connectivity index (χ1v) is 10.4. The molecule has 7 nitrogen and oxygen atoms in total. The molecule has 0 atom stereocenters. The fourth-order valence-electron chi connectivity index (χ4n) is 3.46. The second-order valence-electron chi connectivity index (χ2n) is 7.26. The maximum Gasteiger partial charge on any atom is 0.255 e. The summed E-state index contributed by atoms with van der Waals surface area (Å²) in [6.07, 6.45) is 2.57. The minimum absolute atomic E-state index is 0.230. The molecule has 4 aromatic rings. The number of fused-ring (bicyclic) bond motifs is 1. The highest BCUT2D eigenvalue weighted by Gasteiger charge is 2.14. The fourth-order valence-corrected chi connectivity index (χ4v) is 3.46. The number of rotatable bonds is 8. The smallest absolute Gasteiger partial charge is 0.255 e. The van der Waals surface area contributed by atoms with Crippen molar-refractivity contribution < 1.29 is 14.3 Å². The van der Waals surface area contributed by atoms with Crippen molar-refractivity contribution in [1.82, 2.24) is 14.9 Å². The minimum atomic E-state index is -0.292. The van der Waals surface area contributed by atoms with E-state index in [9.17, 15) is 9.59 Å². The van der Waals surface area contributed by atoms with Crippen molar-refractivity contribution in [2.75, 3.05) is 19.0 Å². The van der Waals surface area contributed by atoms with Gasteiger partial charge in [-0.05, 0) is 55.0 Å². The molecule has 0 aliphatic heterocycles. The molecule has 0 saturated carbocycles. The molecule has 7 heteroatoms. The van der Waals surface area contributed by atoms with Crippen LogP contribution >= 0.6 is 0 Å². The van der Waals surface area contributed by atoms with Crippen molar-refractivity contribution in [2.24, 2.45) is 0 Å². The number of amides is 2. The van der Waals surface area contributed by atoms with Gasteiger partial charge in [-0.15, -0.1) is 0 Å². The van der Waals surface area contributed by atoms with Crippen LogP contribution in [-0.4, -0.2) is 35.0 Å². The molecule has 0 fully saturated rings. The molecule has 32 heavy (non-hydrogen) atoms. The number of aromatic nitrogens is 2. The molecule has 0 bridgehead atoms. The first-order valence-electron chi connectivity index (χ1n) is 10.4. The van der Waals surface area contributed by atoms with Crippen molar-refractivity contribution >= 4 is 28.5 Å². The Morgan fingerprint density at radius 3 is 2.50 bits per heavy atom. The summed E-state index contributed by atoms with van der Waals surface area (Å²) in [5.74, 6) is 0.149. The number of ether oxygens (including phenoxy) is 1. The molecule has 0 saturated heterocycles. The number of nitrogens with one attached hydrogen (secondary N) is 2. The van der Waals surface area contributed by atoms with Crippen LogP contribution in [0.1, 0.15) is 27.1 Å². The van der Waals surface area contributed by atoms with Crippen molar-refractivity contribution in [2.45, 2.75) is 13.0 Å². The Bertz CT molecular complexity index is 1230. The predicted molar refractivity (Wildman–Crippen MR) is 124 cm³/mol. The summed E-state index contributed by atoms with van der Waals surface area (Å²) in [5.41, 5.74) is 3.39. The van der Waals surface area contributed by atoms with Crippen molar-refractivity contribution in [3.63, 3.8) is 0 Å². The van der Waals surface area contributed by atoms with Crippen LogP contribution in [-0.2, 0) is 6.54 Å². The van der Waals surface area contributed by atoms with Crippen molar-refractivity contribution in [3.05, 3.63) is 90.3 Å². The Morgan fingerprint density at radius 1 is 0.938 bits per heavy atom. The van der Waals surface area contributed by atoms with Crippen molar-refractivity contribution in [3.8, 4) is 5.75 Å². The summed E-state index contributed by atoms with van der Waals surface area (Å²) < 4.78 is 7.19. The topological polar surface area (TPSA) is 85.2 Å². The number of hydrogen-bond acceptors (Lipinski definition) is 4. The fraction of sp³-hybridized carbons (Fsp3) is 0.160. The van der Waals surface area contributed by atoms with Crippen LogP contribution in [0.4, 0.5) is 5.69 Å². The Hall–Kier alpha value is -4.13. The zero-order chi connectivity index (χ0) is 22.3. The van der Waals surface area contributed by atoms with E-state index in [1.165, 1.54) is 0 Å². The number of aryl methyl sites for hydroxylation is 1. The van der Waals surface area contributed by atoms with Gasteiger partial charge in [0.1, 0.15) is 5.75 Å². The maximum absolute atomic E-state index is 12.7. The predicted octanol–water partition coefficient (Wildman–Crippen LogP) is 4.12. The molecule has 0 spiro atoms.